The number of H-pyrrole nitrogens is 1. The van der Waals surface area contributed by atoms with Crippen molar-refractivity contribution in [2.45, 2.75) is 6.92 Å². The van der Waals surface area contributed by atoms with Gasteiger partial charge in [0.1, 0.15) is 0 Å². The van der Waals surface area contributed by atoms with Crippen LogP contribution in [0.4, 0.5) is 0 Å². The fraction of sp³-hybridized carbons (Fsp3) is 0.240. The summed E-state index contributed by atoms with van der Waals surface area (Å²) in [7, 11) is 2.07. The highest BCUT2D eigenvalue weighted by Gasteiger charge is 2.22. The molecule has 7 nitrogen and oxygen atoms in total. The molecule has 0 saturated carbocycles. The summed E-state index contributed by atoms with van der Waals surface area (Å²) in [4.78, 5) is 36.9. The molecule has 2 aromatic heterocycles. The molecule has 1 aliphatic heterocycles. The van der Waals surface area contributed by atoms with Crippen LogP contribution in [0.15, 0.2) is 48.8 Å². The van der Waals surface area contributed by atoms with E-state index in [1.165, 1.54) is 0 Å². The highest BCUT2D eigenvalue weighted by atomic mass is 16.2. The second-order valence-electron chi connectivity index (χ2n) is 8.45. The fourth-order valence-corrected chi connectivity index (χ4v) is 4.54. The molecule has 1 fully saturated rings. The van der Waals surface area contributed by atoms with Crippen molar-refractivity contribution in [3.8, 4) is 11.1 Å². The number of fused-ring (bicyclic) bond motifs is 3. The molecule has 2 amide bonds. The van der Waals surface area contributed by atoms with Gasteiger partial charge in [-0.05, 0) is 54.9 Å². The number of primary amides is 1. The van der Waals surface area contributed by atoms with Crippen molar-refractivity contribution in [1.29, 1.82) is 0 Å². The minimum absolute atomic E-state index is 0.0268. The van der Waals surface area contributed by atoms with Gasteiger partial charge in [-0.25, -0.2) is 0 Å². The van der Waals surface area contributed by atoms with Gasteiger partial charge >= 0.3 is 0 Å². The maximum Gasteiger partial charge on any atom is 0.254 e. The van der Waals surface area contributed by atoms with Crippen LogP contribution in [0.1, 0.15) is 26.3 Å². The normalized spacial score (nSPS) is 14.9. The molecule has 5 rings (SSSR count). The third-order valence-electron chi connectivity index (χ3n) is 6.37. The van der Waals surface area contributed by atoms with E-state index in [9.17, 15) is 9.59 Å². The number of amides is 2. The molecule has 4 aromatic rings. The van der Waals surface area contributed by atoms with Gasteiger partial charge in [-0.15, -0.1) is 0 Å². The molecular weight excluding hydrogens is 402 g/mol. The number of carbonyl (C=O) groups is 2. The number of piperazine rings is 1. The van der Waals surface area contributed by atoms with Crippen LogP contribution in [0, 0.1) is 6.92 Å². The minimum Gasteiger partial charge on any atom is -0.366 e. The average Bonchev–Trinajstić information content (AvgIpc) is 3.17. The lowest BCUT2D eigenvalue weighted by Gasteiger charge is -2.32. The first-order valence-corrected chi connectivity index (χ1v) is 10.7. The third-order valence-corrected chi connectivity index (χ3v) is 6.37. The minimum atomic E-state index is -0.492. The van der Waals surface area contributed by atoms with E-state index in [0.29, 0.717) is 16.6 Å². The van der Waals surface area contributed by atoms with Crippen molar-refractivity contribution in [3.05, 3.63) is 65.5 Å². The molecule has 0 atom stereocenters. The van der Waals surface area contributed by atoms with Crippen molar-refractivity contribution in [1.82, 2.24) is 19.8 Å². The molecule has 1 aliphatic rings. The van der Waals surface area contributed by atoms with Gasteiger partial charge in [0, 0.05) is 60.4 Å². The summed E-state index contributed by atoms with van der Waals surface area (Å²) in [6.07, 6.45) is 3.59. The van der Waals surface area contributed by atoms with Crippen LogP contribution in [0.3, 0.4) is 0 Å². The number of carbonyl (C=O) groups excluding carboxylic acids is 2. The van der Waals surface area contributed by atoms with E-state index in [1.807, 2.05) is 48.4 Å². The number of aromatic amines is 1. The third kappa shape index (κ3) is 3.31. The first kappa shape index (κ1) is 20.2. The number of pyridine rings is 1. The van der Waals surface area contributed by atoms with Crippen molar-refractivity contribution in [3.63, 3.8) is 0 Å². The van der Waals surface area contributed by atoms with Gasteiger partial charge in [0.25, 0.3) is 11.8 Å². The number of nitrogens with zero attached hydrogens (tertiary/aromatic N) is 3. The van der Waals surface area contributed by atoms with E-state index in [4.69, 9.17) is 5.73 Å². The monoisotopic (exact) mass is 427 g/mol. The molecule has 0 unspecified atom stereocenters. The molecule has 0 aliphatic carbocycles. The Bertz CT molecular complexity index is 1370. The highest BCUT2D eigenvalue weighted by Crippen LogP contribution is 2.37. The smallest absolute Gasteiger partial charge is 0.254 e. The van der Waals surface area contributed by atoms with Crippen molar-refractivity contribution in [2.24, 2.45) is 5.73 Å². The van der Waals surface area contributed by atoms with Crippen LogP contribution in [0.5, 0.6) is 0 Å². The lowest BCUT2D eigenvalue weighted by molar-refractivity contribution is 0.0664. The summed E-state index contributed by atoms with van der Waals surface area (Å²) in [6.45, 7) is 5.19. The van der Waals surface area contributed by atoms with Crippen LogP contribution < -0.4 is 5.73 Å². The number of rotatable bonds is 3. The zero-order chi connectivity index (χ0) is 22.4. The van der Waals surface area contributed by atoms with Crippen LogP contribution in [-0.4, -0.2) is 64.8 Å². The SMILES string of the molecule is Cc1cnccc1-c1ccc(C(N)=O)c2[nH]c3cc(C(=O)N4CCN(C)CC4)ccc3c12. The van der Waals surface area contributed by atoms with Gasteiger partial charge in [-0.2, -0.15) is 0 Å². The average molecular weight is 428 g/mol. The maximum absolute atomic E-state index is 13.1. The number of benzene rings is 2. The Balaban J connectivity index is 1.68. The van der Waals surface area contributed by atoms with Crippen molar-refractivity contribution < 1.29 is 9.59 Å². The van der Waals surface area contributed by atoms with Gasteiger partial charge in [0.15, 0.2) is 0 Å². The Morgan fingerprint density at radius 2 is 1.81 bits per heavy atom. The predicted octanol–water partition coefficient (Wildman–Crippen LogP) is 3.18. The number of hydrogen-bond donors (Lipinski definition) is 2. The standard InChI is InChI=1S/C25H25N5O2/c1-15-14-27-8-7-17(15)18-5-6-20(24(26)31)23-22(18)19-4-3-16(13-21(19)28-23)25(32)30-11-9-29(2)10-12-30/h3-8,13-14,28H,9-12H2,1-2H3,(H2,26,31). The Morgan fingerprint density at radius 1 is 1.03 bits per heavy atom. The van der Waals surface area contributed by atoms with Crippen molar-refractivity contribution in [2.75, 3.05) is 33.2 Å². The Hall–Kier alpha value is -3.71. The Kier molecular flexibility index (Phi) is 4.90. The van der Waals surface area contributed by atoms with Crippen molar-refractivity contribution >= 4 is 33.6 Å². The predicted molar refractivity (Wildman–Crippen MR) is 126 cm³/mol. The lowest BCUT2D eigenvalue weighted by Crippen LogP contribution is -2.47. The van der Waals surface area contributed by atoms with E-state index >= 15 is 0 Å². The summed E-state index contributed by atoms with van der Waals surface area (Å²) in [5.74, 6) is -0.465. The molecule has 0 spiro atoms. The summed E-state index contributed by atoms with van der Waals surface area (Å²) in [5, 5.41) is 1.87. The van der Waals surface area contributed by atoms with Crippen LogP contribution in [-0.2, 0) is 0 Å². The summed E-state index contributed by atoms with van der Waals surface area (Å²) < 4.78 is 0. The zero-order valence-electron chi connectivity index (χ0n) is 18.2. The largest absolute Gasteiger partial charge is 0.366 e. The zero-order valence-corrected chi connectivity index (χ0v) is 18.2. The highest BCUT2D eigenvalue weighted by molar-refractivity contribution is 6.20. The molecule has 32 heavy (non-hydrogen) atoms. The van der Waals surface area contributed by atoms with E-state index in [2.05, 4.69) is 21.9 Å². The molecule has 7 heteroatoms. The molecule has 0 bridgehead atoms. The summed E-state index contributed by atoms with van der Waals surface area (Å²) in [6, 6.07) is 11.4. The quantitative estimate of drug-likeness (QED) is 0.525. The number of hydrogen-bond acceptors (Lipinski definition) is 4. The molecule has 3 heterocycles. The fourth-order valence-electron chi connectivity index (χ4n) is 4.54. The molecule has 2 aromatic carbocycles. The van der Waals surface area contributed by atoms with Gasteiger partial charge < -0.3 is 20.5 Å². The van der Waals surface area contributed by atoms with Crippen LogP contribution in [0.25, 0.3) is 32.9 Å². The number of likely N-dealkylation sites (N-methyl/N-ethyl adjacent to an activating group) is 1. The second-order valence-corrected chi connectivity index (χ2v) is 8.45. The molecule has 3 N–H and O–H groups in total. The Labute approximate surface area is 185 Å². The van der Waals surface area contributed by atoms with E-state index in [-0.39, 0.29) is 5.91 Å². The maximum atomic E-state index is 13.1. The summed E-state index contributed by atoms with van der Waals surface area (Å²) in [5.41, 5.74) is 11.3. The van der Waals surface area contributed by atoms with Gasteiger partial charge in [0.2, 0.25) is 0 Å². The number of nitrogens with two attached hydrogens (primary N) is 1. The van der Waals surface area contributed by atoms with E-state index in [0.717, 1.165) is 59.2 Å². The van der Waals surface area contributed by atoms with Crippen LogP contribution >= 0.6 is 0 Å². The van der Waals surface area contributed by atoms with Gasteiger partial charge in [0.05, 0.1) is 11.1 Å². The molecular formula is C25H25N5O2. The van der Waals surface area contributed by atoms with Crippen LogP contribution in [0.2, 0.25) is 0 Å². The topological polar surface area (TPSA) is 95.3 Å². The first-order valence-electron chi connectivity index (χ1n) is 10.7. The Morgan fingerprint density at radius 3 is 2.53 bits per heavy atom. The van der Waals surface area contributed by atoms with E-state index in [1.54, 1.807) is 12.3 Å². The number of aromatic nitrogens is 2. The molecule has 0 radical (unpaired) electrons. The first-order chi connectivity index (χ1) is 15.4. The molecule has 162 valence electrons. The number of nitrogens with one attached hydrogen (secondary N) is 1. The number of aryl methyl sites for hydroxylation is 1. The lowest BCUT2D eigenvalue weighted by atomic mass is 9.95. The molecule has 1 saturated heterocycles. The van der Waals surface area contributed by atoms with Gasteiger partial charge in [-0.1, -0.05) is 12.1 Å². The second kappa shape index (κ2) is 7.76. The summed E-state index contributed by atoms with van der Waals surface area (Å²) >= 11 is 0. The van der Waals surface area contributed by atoms with E-state index < -0.39 is 5.91 Å². The van der Waals surface area contributed by atoms with Gasteiger partial charge in [-0.3, -0.25) is 14.6 Å².